The quantitative estimate of drug-likeness (QED) is 0.861. The molecule has 108 valence electrons. The molecule has 1 amide bonds. The van der Waals surface area contributed by atoms with Gasteiger partial charge >= 0.3 is 6.09 Å². The number of aromatic nitrogens is 1. The van der Waals surface area contributed by atoms with E-state index in [0.29, 0.717) is 11.4 Å². The predicted octanol–water partition coefficient (Wildman–Crippen LogP) is 4.10. The third kappa shape index (κ3) is 2.56. The first kappa shape index (κ1) is 14.6. The van der Waals surface area contributed by atoms with E-state index in [1.165, 1.54) is 7.11 Å². The van der Waals surface area contributed by atoms with Gasteiger partial charge in [0.25, 0.3) is 0 Å². The molecule has 0 unspecified atom stereocenters. The molecule has 2 rings (SSSR count). The maximum atomic E-state index is 13.9. The summed E-state index contributed by atoms with van der Waals surface area (Å²) in [6, 6.07) is 1.07. The molecule has 0 saturated heterocycles. The summed E-state index contributed by atoms with van der Waals surface area (Å²) in [5.41, 5.74) is -0.129. The van der Waals surface area contributed by atoms with E-state index in [4.69, 9.17) is 16.0 Å². The van der Waals surface area contributed by atoms with Gasteiger partial charge in [-0.1, -0.05) is 32.4 Å². The molecule has 20 heavy (non-hydrogen) atoms. The second kappa shape index (κ2) is 4.94. The van der Waals surface area contributed by atoms with Gasteiger partial charge < -0.3 is 9.15 Å². The third-order valence-corrected chi connectivity index (χ3v) is 2.91. The van der Waals surface area contributed by atoms with E-state index in [0.717, 1.165) is 6.07 Å². The number of carbonyl (C=O) groups excluding carboxylic acids is 1. The lowest BCUT2D eigenvalue weighted by Gasteiger charge is -2.11. The zero-order chi connectivity index (χ0) is 15.1. The molecular formula is C13H14ClFN2O3. The Morgan fingerprint density at radius 3 is 2.70 bits per heavy atom. The smallest absolute Gasteiger partial charge is 0.411 e. The van der Waals surface area contributed by atoms with Crippen molar-refractivity contribution in [1.82, 2.24) is 4.98 Å². The molecule has 0 spiro atoms. The Kier molecular flexibility index (Phi) is 3.60. The second-order valence-electron chi connectivity index (χ2n) is 5.28. The number of oxazole rings is 1. The fourth-order valence-electron chi connectivity index (χ4n) is 1.60. The molecule has 0 bridgehead atoms. The van der Waals surface area contributed by atoms with Crippen molar-refractivity contribution in [3.8, 4) is 0 Å². The number of ether oxygens (including phenoxy) is 1. The van der Waals surface area contributed by atoms with Gasteiger partial charge in [0.2, 0.25) is 5.89 Å². The first-order chi connectivity index (χ1) is 9.24. The molecule has 5 nitrogen and oxygen atoms in total. The van der Waals surface area contributed by atoms with Crippen LogP contribution in [0.25, 0.3) is 11.1 Å². The SMILES string of the molecule is COC(=O)Nc1c(F)cc(Cl)c2nc(C(C)(C)C)oc12. The molecule has 1 N–H and O–H groups in total. The summed E-state index contributed by atoms with van der Waals surface area (Å²) < 4.78 is 24.0. The van der Waals surface area contributed by atoms with E-state index in [-0.39, 0.29) is 21.7 Å². The minimum absolute atomic E-state index is 0.0883. The lowest BCUT2D eigenvalue weighted by atomic mass is 9.97. The van der Waals surface area contributed by atoms with E-state index in [1.54, 1.807) is 0 Å². The molecule has 1 aromatic carbocycles. The number of benzene rings is 1. The Morgan fingerprint density at radius 2 is 2.15 bits per heavy atom. The van der Waals surface area contributed by atoms with E-state index < -0.39 is 11.9 Å². The van der Waals surface area contributed by atoms with E-state index in [1.807, 2.05) is 20.8 Å². The van der Waals surface area contributed by atoms with Gasteiger partial charge in [-0.2, -0.15) is 0 Å². The van der Waals surface area contributed by atoms with E-state index in [9.17, 15) is 9.18 Å². The summed E-state index contributed by atoms with van der Waals surface area (Å²) >= 11 is 5.96. The monoisotopic (exact) mass is 300 g/mol. The Hall–Kier alpha value is -1.82. The number of methoxy groups -OCH3 is 1. The van der Waals surface area contributed by atoms with Crippen LogP contribution in [0.4, 0.5) is 14.9 Å². The highest BCUT2D eigenvalue weighted by molar-refractivity contribution is 6.35. The Labute approximate surface area is 120 Å². The zero-order valence-electron chi connectivity index (χ0n) is 11.5. The van der Waals surface area contributed by atoms with Gasteiger partial charge in [0.1, 0.15) is 11.2 Å². The molecule has 7 heteroatoms. The lowest BCUT2D eigenvalue weighted by molar-refractivity contribution is 0.186. The van der Waals surface area contributed by atoms with Crippen molar-refractivity contribution >= 4 is 34.5 Å². The van der Waals surface area contributed by atoms with Crippen LogP contribution in [0, 0.1) is 5.82 Å². The summed E-state index contributed by atoms with van der Waals surface area (Å²) in [5.74, 6) is -0.322. The van der Waals surface area contributed by atoms with Crippen molar-refractivity contribution in [3.63, 3.8) is 0 Å². The summed E-state index contributed by atoms with van der Waals surface area (Å²) in [7, 11) is 1.18. The highest BCUT2D eigenvalue weighted by Crippen LogP contribution is 2.36. The van der Waals surface area contributed by atoms with Crippen molar-refractivity contribution in [2.45, 2.75) is 26.2 Å². The molecule has 0 aliphatic rings. The standard InChI is InChI=1S/C13H14ClFN2O3/c1-13(2,3)11-16-8-6(14)5-7(15)9(10(8)20-11)17-12(18)19-4/h5H,1-4H3,(H,17,18). The Bertz CT molecular complexity index is 676. The molecule has 0 aliphatic carbocycles. The van der Waals surface area contributed by atoms with Crippen molar-refractivity contribution in [2.75, 3.05) is 12.4 Å². The van der Waals surface area contributed by atoms with Gasteiger partial charge in [0.05, 0.1) is 12.1 Å². The van der Waals surface area contributed by atoms with E-state index in [2.05, 4.69) is 15.0 Å². The average molecular weight is 301 g/mol. The third-order valence-electron chi connectivity index (χ3n) is 2.63. The molecule has 2 aromatic rings. The van der Waals surface area contributed by atoms with Crippen LogP contribution in [0.1, 0.15) is 26.7 Å². The second-order valence-corrected chi connectivity index (χ2v) is 5.69. The summed E-state index contributed by atoms with van der Waals surface area (Å²) in [5, 5.41) is 2.38. The number of fused-ring (bicyclic) bond motifs is 1. The summed E-state index contributed by atoms with van der Waals surface area (Å²) in [6.07, 6.45) is -0.804. The molecule has 1 aromatic heterocycles. The number of nitrogens with one attached hydrogen (secondary N) is 1. The molecular weight excluding hydrogens is 287 g/mol. The van der Waals surface area contributed by atoms with Crippen molar-refractivity contribution in [1.29, 1.82) is 0 Å². The molecule has 0 atom stereocenters. The maximum Gasteiger partial charge on any atom is 0.411 e. The first-order valence-corrected chi connectivity index (χ1v) is 6.26. The minimum atomic E-state index is -0.804. The molecule has 0 aliphatic heterocycles. The maximum absolute atomic E-state index is 13.9. The first-order valence-electron chi connectivity index (χ1n) is 5.88. The number of amides is 1. The van der Waals surface area contributed by atoms with Gasteiger partial charge in [0, 0.05) is 5.41 Å². The Balaban J connectivity index is 2.67. The summed E-state index contributed by atoms with van der Waals surface area (Å²) in [4.78, 5) is 15.5. The number of carbonyl (C=O) groups is 1. The topological polar surface area (TPSA) is 64.4 Å². The van der Waals surface area contributed by atoms with Gasteiger partial charge in [-0.25, -0.2) is 14.2 Å². The average Bonchev–Trinajstić information content (AvgIpc) is 2.79. The van der Waals surface area contributed by atoms with Crippen LogP contribution in [-0.2, 0) is 10.2 Å². The minimum Gasteiger partial charge on any atom is -0.453 e. The van der Waals surface area contributed by atoms with Gasteiger partial charge in [0.15, 0.2) is 11.4 Å². The molecule has 0 saturated carbocycles. The van der Waals surface area contributed by atoms with Crippen molar-refractivity contribution in [3.05, 3.63) is 22.8 Å². The van der Waals surface area contributed by atoms with Crippen LogP contribution >= 0.6 is 11.6 Å². The van der Waals surface area contributed by atoms with Crippen LogP contribution in [0.15, 0.2) is 10.5 Å². The van der Waals surface area contributed by atoms with Crippen LogP contribution in [0.2, 0.25) is 5.02 Å². The van der Waals surface area contributed by atoms with Gasteiger partial charge in [-0.05, 0) is 6.07 Å². The van der Waals surface area contributed by atoms with Crippen molar-refractivity contribution in [2.24, 2.45) is 0 Å². The number of nitrogens with zero attached hydrogens (tertiary/aromatic N) is 1. The van der Waals surface area contributed by atoms with Crippen molar-refractivity contribution < 1.29 is 18.3 Å². The molecule has 0 fully saturated rings. The molecule has 0 radical (unpaired) electrons. The normalized spacial score (nSPS) is 11.7. The van der Waals surface area contributed by atoms with E-state index >= 15 is 0 Å². The highest BCUT2D eigenvalue weighted by Gasteiger charge is 2.25. The van der Waals surface area contributed by atoms with Crippen LogP contribution in [-0.4, -0.2) is 18.2 Å². The number of anilines is 1. The summed E-state index contributed by atoms with van der Waals surface area (Å²) in [6.45, 7) is 5.69. The van der Waals surface area contributed by atoms with Crippen LogP contribution in [0.5, 0.6) is 0 Å². The Morgan fingerprint density at radius 1 is 1.50 bits per heavy atom. The molecule has 1 heterocycles. The van der Waals surface area contributed by atoms with Gasteiger partial charge in [-0.3, -0.25) is 5.32 Å². The zero-order valence-corrected chi connectivity index (χ0v) is 12.3. The largest absolute Gasteiger partial charge is 0.453 e. The van der Waals surface area contributed by atoms with Gasteiger partial charge in [-0.15, -0.1) is 0 Å². The fourth-order valence-corrected chi connectivity index (χ4v) is 1.83. The number of hydrogen-bond acceptors (Lipinski definition) is 4. The fraction of sp³-hybridized carbons (Fsp3) is 0.385. The number of rotatable bonds is 1. The number of halogens is 2. The lowest BCUT2D eigenvalue weighted by Crippen LogP contribution is -2.12. The number of hydrogen-bond donors (Lipinski definition) is 1. The highest BCUT2D eigenvalue weighted by atomic mass is 35.5. The predicted molar refractivity (Wildman–Crippen MR) is 73.7 cm³/mol. The van der Waals surface area contributed by atoms with Crippen LogP contribution < -0.4 is 5.32 Å². The van der Waals surface area contributed by atoms with Crippen LogP contribution in [0.3, 0.4) is 0 Å².